The van der Waals surface area contributed by atoms with E-state index in [0.29, 0.717) is 6.61 Å². The Labute approximate surface area is 103 Å². The van der Waals surface area contributed by atoms with Crippen molar-refractivity contribution in [3.63, 3.8) is 0 Å². The molecule has 0 amide bonds. The maximum absolute atomic E-state index is 9.94. The van der Waals surface area contributed by atoms with Gasteiger partial charge in [0.15, 0.2) is 0 Å². The zero-order valence-corrected chi connectivity index (χ0v) is 10.8. The Balaban J connectivity index is 2.66. The minimum Gasteiger partial charge on any atom is -0.494 e. The molecule has 1 aromatic rings. The Morgan fingerprint density at radius 3 is 2.18 bits per heavy atom. The quantitative estimate of drug-likeness (QED) is 0.800. The van der Waals surface area contributed by atoms with Crippen LogP contribution in [0.2, 0.25) is 0 Å². The number of ether oxygens (including phenoxy) is 1. The van der Waals surface area contributed by atoms with Crippen LogP contribution in [0.3, 0.4) is 0 Å². The molecule has 3 heteroatoms. The van der Waals surface area contributed by atoms with Crippen LogP contribution in [0.15, 0.2) is 24.3 Å². The summed E-state index contributed by atoms with van der Waals surface area (Å²) in [6.07, 6.45) is -0.608. The van der Waals surface area contributed by atoms with Gasteiger partial charge in [0.05, 0.1) is 12.7 Å². The highest BCUT2D eigenvalue weighted by Gasteiger charge is 2.21. The molecule has 0 heterocycles. The van der Waals surface area contributed by atoms with Gasteiger partial charge < -0.3 is 14.9 Å². The summed E-state index contributed by atoms with van der Waals surface area (Å²) in [4.78, 5) is 0. The molecule has 1 aromatic carbocycles. The van der Waals surface area contributed by atoms with Gasteiger partial charge in [-0.05, 0) is 30.0 Å². The van der Waals surface area contributed by atoms with Crippen molar-refractivity contribution in [2.24, 2.45) is 5.92 Å². The summed E-state index contributed by atoms with van der Waals surface area (Å²) < 4.78 is 5.45. The molecule has 1 rings (SSSR count). The lowest BCUT2D eigenvalue weighted by molar-refractivity contribution is -0.00941. The summed E-state index contributed by atoms with van der Waals surface area (Å²) >= 11 is 0. The lowest BCUT2D eigenvalue weighted by Gasteiger charge is -2.21. The van der Waals surface area contributed by atoms with Crippen LogP contribution in [0, 0.1) is 5.92 Å². The third kappa shape index (κ3) is 4.02. The second-order valence-electron chi connectivity index (χ2n) is 4.60. The molecule has 0 radical (unpaired) electrons. The Morgan fingerprint density at radius 1 is 1.12 bits per heavy atom. The summed E-state index contributed by atoms with van der Waals surface area (Å²) in [6, 6.07) is 7.23. The first kappa shape index (κ1) is 14.0. The fourth-order valence-electron chi connectivity index (χ4n) is 1.54. The van der Waals surface area contributed by atoms with Crippen molar-refractivity contribution < 1.29 is 14.9 Å². The van der Waals surface area contributed by atoms with E-state index in [0.717, 1.165) is 17.7 Å². The Bertz CT molecular complexity index is 319. The zero-order valence-electron chi connectivity index (χ0n) is 10.8. The molecule has 0 bridgehead atoms. The second kappa shape index (κ2) is 6.62. The van der Waals surface area contributed by atoms with E-state index in [-0.39, 0.29) is 5.92 Å². The first-order valence-electron chi connectivity index (χ1n) is 6.15. The van der Waals surface area contributed by atoms with Crippen LogP contribution >= 0.6 is 0 Å². The molecule has 3 nitrogen and oxygen atoms in total. The number of rotatable bonds is 6. The maximum atomic E-state index is 9.94. The summed E-state index contributed by atoms with van der Waals surface area (Å²) in [7, 11) is 0. The van der Waals surface area contributed by atoms with Crippen LogP contribution in [0.1, 0.15) is 38.9 Å². The molecular formula is C14H22O3. The Hall–Kier alpha value is -1.06. The molecule has 0 saturated heterocycles. The van der Waals surface area contributed by atoms with E-state index >= 15 is 0 Å². The molecule has 2 unspecified atom stereocenters. The Morgan fingerprint density at radius 2 is 1.71 bits per heavy atom. The third-order valence-corrected chi connectivity index (χ3v) is 2.70. The number of aliphatic hydroxyl groups is 2. The van der Waals surface area contributed by atoms with Gasteiger partial charge in [-0.3, -0.25) is 0 Å². The fraction of sp³-hybridized carbons (Fsp3) is 0.571. The fourth-order valence-corrected chi connectivity index (χ4v) is 1.54. The molecule has 96 valence electrons. The summed E-state index contributed by atoms with van der Waals surface area (Å²) in [5, 5.41) is 19.7. The van der Waals surface area contributed by atoms with Crippen molar-refractivity contribution >= 4 is 0 Å². The highest BCUT2D eigenvalue weighted by atomic mass is 16.5. The molecule has 0 fully saturated rings. The lowest BCUT2D eigenvalue weighted by Crippen LogP contribution is -2.23. The molecule has 0 aliphatic heterocycles. The van der Waals surface area contributed by atoms with Crippen molar-refractivity contribution in [2.45, 2.75) is 39.4 Å². The van der Waals surface area contributed by atoms with Gasteiger partial charge in [-0.25, -0.2) is 0 Å². The van der Waals surface area contributed by atoms with Crippen LogP contribution in [-0.2, 0) is 0 Å². The van der Waals surface area contributed by atoms with Gasteiger partial charge in [0.25, 0.3) is 0 Å². The van der Waals surface area contributed by atoms with Crippen molar-refractivity contribution in [3.05, 3.63) is 29.8 Å². The lowest BCUT2D eigenvalue weighted by atomic mass is 9.96. The van der Waals surface area contributed by atoms with Gasteiger partial charge in [0.2, 0.25) is 0 Å². The Kier molecular flexibility index (Phi) is 5.45. The van der Waals surface area contributed by atoms with Crippen LogP contribution in [0.25, 0.3) is 0 Å². The first-order valence-corrected chi connectivity index (χ1v) is 6.15. The van der Waals surface area contributed by atoms with Crippen molar-refractivity contribution in [2.75, 3.05) is 6.61 Å². The van der Waals surface area contributed by atoms with Gasteiger partial charge in [-0.15, -0.1) is 0 Å². The standard InChI is InChI=1S/C14H22O3/c1-4-9-17-12-7-5-11(6-8-12)14(16)13(15)10(2)3/h5-8,10,13-16H,4,9H2,1-3H3. The van der Waals surface area contributed by atoms with Crippen molar-refractivity contribution in [1.82, 2.24) is 0 Å². The molecule has 0 spiro atoms. The van der Waals surface area contributed by atoms with Gasteiger partial charge >= 0.3 is 0 Å². The number of hydrogen-bond donors (Lipinski definition) is 2. The minimum absolute atomic E-state index is 0.0287. The second-order valence-corrected chi connectivity index (χ2v) is 4.60. The molecular weight excluding hydrogens is 216 g/mol. The number of benzene rings is 1. The molecule has 17 heavy (non-hydrogen) atoms. The van der Waals surface area contributed by atoms with E-state index in [1.807, 2.05) is 26.0 Å². The predicted molar refractivity (Wildman–Crippen MR) is 68.0 cm³/mol. The highest BCUT2D eigenvalue weighted by molar-refractivity contribution is 5.29. The van der Waals surface area contributed by atoms with Crippen LogP contribution in [0.4, 0.5) is 0 Å². The van der Waals surface area contributed by atoms with Crippen molar-refractivity contribution in [1.29, 1.82) is 0 Å². The smallest absolute Gasteiger partial charge is 0.119 e. The third-order valence-electron chi connectivity index (χ3n) is 2.70. The van der Waals surface area contributed by atoms with Gasteiger partial charge in [0, 0.05) is 0 Å². The predicted octanol–water partition coefficient (Wildman–Crippen LogP) is 2.53. The SMILES string of the molecule is CCCOc1ccc(C(O)C(O)C(C)C)cc1. The van der Waals surface area contributed by atoms with E-state index in [1.54, 1.807) is 12.1 Å². The maximum Gasteiger partial charge on any atom is 0.119 e. The summed E-state index contributed by atoms with van der Waals surface area (Å²) in [5.74, 6) is 0.822. The van der Waals surface area contributed by atoms with E-state index in [9.17, 15) is 10.2 Å². The van der Waals surface area contributed by atoms with E-state index in [2.05, 4.69) is 6.92 Å². The van der Waals surface area contributed by atoms with Crippen LogP contribution in [0.5, 0.6) is 5.75 Å². The largest absolute Gasteiger partial charge is 0.494 e. The van der Waals surface area contributed by atoms with E-state index in [4.69, 9.17) is 4.74 Å². The molecule has 0 aromatic heterocycles. The first-order chi connectivity index (χ1) is 8.06. The minimum atomic E-state index is -0.838. The number of hydrogen-bond acceptors (Lipinski definition) is 3. The molecule has 0 saturated carbocycles. The van der Waals surface area contributed by atoms with Gasteiger partial charge in [0.1, 0.15) is 11.9 Å². The average molecular weight is 238 g/mol. The van der Waals surface area contributed by atoms with Crippen molar-refractivity contribution in [3.8, 4) is 5.75 Å². The normalized spacial score (nSPS) is 14.7. The zero-order chi connectivity index (χ0) is 12.8. The molecule has 2 atom stereocenters. The highest BCUT2D eigenvalue weighted by Crippen LogP contribution is 2.23. The van der Waals surface area contributed by atoms with Gasteiger partial charge in [-0.1, -0.05) is 32.9 Å². The molecule has 0 aliphatic carbocycles. The topological polar surface area (TPSA) is 49.7 Å². The molecule has 0 aliphatic rings. The summed E-state index contributed by atoms with van der Waals surface area (Å²) in [6.45, 7) is 6.51. The summed E-state index contributed by atoms with van der Waals surface area (Å²) in [5.41, 5.74) is 0.718. The van der Waals surface area contributed by atoms with Crippen LogP contribution < -0.4 is 4.74 Å². The molecule has 2 N–H and O–H groups in total. The van der Waals surface area contributed by atoms with Gasteiger partial charge in [-0.2, -0.15) is 0 Å². The van der Waals surface area contributed by atoms with Crippen LogP contribution in [-0.4, -0.2) is 22.9 Å². The van der Waals surface area contributed by atoms with E-state index < -0.39 is 12.2 Å². The average Bonchev–Trinajstić information content (AvgIpc) is 2.35. The monoisotopic (exact) mass is 238 g/mol. The van der Waals surface area contributed by atoms with E-state index in [1.165, 1.54) is 0 Å². The number of aliphatic hydroxyl groups excluding tert-OH is 2.